The van der Waals surface area contributed by atoms with Crippen molar-refractivity contribution in [2.75, 3.05) is 6.54 Å². The molecule has 5 heteroatoms. The lowest BCUT2D eigenvalue weighted by Crippen LogP contribution is -2.25. The molecule has 1 unspecified atom stereocenters. The van der Waals surface area contributed by atoms with E-state index in [-0.39, 0.29) is 11.8 Å². The third-order valence-electron chi connectivity index (χ3n) is 3.34. The molecule has 1 aromatic heterocycles. The molecule has 0 saturated carbocycles. The van der Waals surface area contributed by atoms with E-state index in [0.717, 1.165) is 10.9 Å². The summed E-state index contributed by atoms with van der Waals surface area (Å²) < 4.78 is 0. The van der Waals surface area contributed by atoms with Gasteiger partial charge in [-0.1, -0.05) is 6.92 Å². The molecule has 0 aliphatic carbocycles. The average molecular weight is 274 g/mol. The van der Waals surface area contributed by atoms with Crippen LogP contribution in [-0.2, 0) is 4.79 Å². The van der Waals surface area contributed by atoms with Crippen molar-refractivity contribution in [3.63, 3.8) is 0 Å². The summed E-state index contributed by atoms with van der Waals surface area (Å²) >= 11 is 0. The van der Waals surface area contributed by atoms with Crippen LogP contribution >= 0.6 is 0 Å². The molecule has 3 N–H and O–H groups in total. The second-order valence-corrected chi connectivity index (χ2v) is 4.92. The fourth-order valence-electron chi connectivity index (χ4n) is 2.03. The Morgan fingerprint density at radius 2 is 2.15 bits per heavy atom. The number of aliphatic carboxylic acids is 1. The lowest BCUT2D eigenvalue weighted by molar-refractivity contribution is -0.141. The van der Waals surface area contributed by atoms with Gasteiger partial charge >= 0.3 is 5.97 Å². The summed E-state index contributed by atoms with van der Waals surface area (Å²) in [5, 5.41) is 12.6. The maximum absolute atomic E-state index is 12.0. The van der Waals surface area contributed by atoms with Gasteiger partial charge in [0.2, 0.25) is 0 Å². The average Bonchev–Trinajstić information content (AvgIpc) is 2.90. The lowest BCUT2D eigenvalue weighted by Gasteiger charge is -2.07. The first-order chi connectivity index (χ1) is 9.58. The highest BCUT2D eigenvalue weighted by Crippen LogP contribution is 2.14. The van der Waals surface area contributed by atoms with Crippen LogP contribution in [-0.4, -0.2) is 28.5 Å². The van der Waals surface area contributed by atoms with Crippen LogP contribution in [0.5, 0.6) is 0 Å². The second kappa shape index (κ2) is 6.23. The van der Waals surface area contributed by atoms with Gasteiger partial charge in [0.05, 0.1) is 5.92 Å². The minimum atomic E-state index is -0.797. The van der Waals surface area contributed by atoms with E-state index in [9.17, 15) is 9.59 Å². The molecule has 0 saturated heterocycles. The molecular weight excluding hydrogens is 256 g/mol. The number of rotatable bonds is 6. The van der Waals surface area contributed by atoms with Crippen molar-refractivity contribution < 1.29 is 14.7 Å². The van der Waals surface area contributed by atoms with Gasteiger partial charge in [-0.25, -0.2) is 0 Å². The molecule has 0 bridgehead atoms. The minimum absolute atomic E-state index is 0.129. The van der Waals surface area contributed by atoms with Gasteiger partial charge in [-0.2, -0.15) is 0 Å². The molecule has 1 atom stereocenters. The van der Waals surface area contributed by atoms with Crippen LogP contribution in [0.4, 0.5) is 0 Å². The molecule has 0 fully saturated rings. The zero-order chi connectivity index (χ0) is 14.5. The van der Waals surface area contributed by atoms with Gasteiger partial charge in [-0.05, 0) is 37.1 Å². The van der Waals surface area contributed by atoms with Gasteiger partial charge in [-0.15, -0.1) is 0 Å². The Morgan fingerprint density at radius 3 is 2.90 bits per heavy atom. The summed E-state index contributed by atoms with van der Waals surface area (Å²) in [7, 11) is 0. The number of carboxylic acid groups (broad SMARTS) is 1. The second-order valence-electron chi connectivity index (χ2n) is 4.92. The van der Waals surface area contributed by atoms with E-state index in [1.165, 1.54) is 0 Å². The van der Waals surface area contributed by atoms with Gasteiger partial charge in [0.25, 0.3) is 5.91 Å². The van der Waals surface area contributed by atoms with E-state index in [4.69, 9.17) is 5.11 Å². The SMILES string of the molecule is CC(CCCNC(=O)c1ccc2[nH]ccc2c1)C(=O)O. The quantitative estimate of drug-likeness (QED) is 0.707. The molecule has 2 rings (SSSR count). The number of carboxylic acids is 1. The van der Waals surface area contributed by atoms with Gasteiger partial charge < -0.3 is 15.4 Å². The number of amides is 1. The van der Waals surface area contributed by atoms with Gasteiger partial charge in [-0.3, -0.25) is 9.59 Å². The Hall–Kier alpha value is -2.30. The van der Waals surface area contributed by atoms with Crippen LogP contribution in [0.2, 0.25) is 0 Å². The fourth-order valence-corrected chi connectivity index (χ4v) is 2.03. The van der Waals surface area contributed by atoms with Crippen LogP contribution in [0.1, 0.15) is 30.1 Å². The summed E-state index contributed by atoms with van der Waals surface area (Å²) in [5.74, 6) is -1.30. The van der Waals surface area contributed by atoms with E-state index in [0.29, 0.717) is 24.9 Å². The van der Waals surface area contributed by atoms with Crippen molar-refractivity contribution in [3.05, 3.63) is 36.0 Å². The van der Waals surface area contributed by atoms with Gasteiger partial charge in [0.15, 0.2) is 0 Å². The molecule has 106 valence electrons. The maximum Gasteiger partial charge on any atom is 0.306 e. The van der Waals surface area contributed by atoms with Crippen molar-refractivity contribution in [3.8, 4) is 0 Å². The van der Waals surface area contributed by atoms with E-state index in [2.05, 4.69) is 10.3 Å². The topological polar surface area (TPSA) is 82.2 Å². The van der Waals surface area contributed by atoms with Gasteiger partial charge in [0.1, 0.15) is 0 Å². The monoisotopic (exact) mass is 274 g/mol. The molecule has 0 spiro atoms. The lowest BCUT2D eigenvalue weighted by atomic mass is 10.1. The number of aromatic amines is 1. The molecule has 20 heavy (non-hydrogen) atoms. The number of hydrogen-bond acceptors (Lipinski definition) is 2. The molecule has 1 amide bonds. The number of carbonyl (C=O) groups is 2. The smallest absolute Gasteiger partial charge is 0.306 e. The highest BCUT2D eigenvalue weighted by molar-refractivity contribution is 5.98. The van der Waals surface area contributed by atoms with Crippen LogP contribution in [0.3, 0.4) is 0 Å². The molecular formula is C15H18N2O3. The number of fused-ring (bicyclic) bond motifs is 1. The Bertz CT molecular complexity index is 618. The number of nitrogens with one attached hydrogen (secondary N) is 2. The predicted octanol–water partition coefficient (Wildman–Crippen LogP) is 2.40. The zero-order valence-corrected chi connectivity index (χ0v) is 11.3. The number of carbonyl (C=O) groups excluding carboxylic acids is 1. The first-order valence-electron chi connectivity index (χ1n) is 6.66. The Balaban J connectivity index is 1.84. The van der Waals surface area contributed by atoms with Crippen molar-refractivity contribution in [2.24, 2.45) is 5.92 Å². The normalized spacial score (nSPS) is 12.2. The third kappa shape index (κ3) is 3.38. The molecule has 1 aromatic carbocycles. The van der Waals surface area contributed by atoms with Gasteiger partial charge in [0, 0.05) is 29.2 Å². The van der Waals surface area contributed by atoms with Crippen LogP contribution in [0.25, 0.3) is 10.9 Å². The van der Waals surface area contributed by atoms with Crippen LogP contribution < -0.4 is 5.32 Å². The summed E-state index contributed by atoms with van der Waals surface area (Å²) in [6.07, 6.45) is 3.05. The first-order valence-corrected chi connectivity index (χ1v) is 6.66. The number of aromatic nitrogens is 1. The molecule has 0 aliphatic heterocycles. The van der Waals surface area contributed by atoms with E-state index >= 15 is 0 Å². The summed E-state index contributed by atoms with van der Waals surface area (Å²) in [5.41, 5.74) is 1.61. The Kier molecular flexibility index (Phi) is 4.40. The Labute approximate surface area is 117 Å². The highest BCUT2D eigenvalue weighted by Gasteiger charge is 2.11. The van der Waals surface area contributed by atoms with Crippen molar-refractivity contribution in [2.45, 2.75) is 19.8 Å². The molecule has 0 aliphatic rings. The number of hydrogen-bond donors (Lipinski definition) is 3. The highest BCUT2D eigenvalue weighted by atomic mass is 16.4. The maximum atomic E-state index is 12.0. The summed E-state index contributed by atoms with van der Waals surface area (Å²) in [6, 6.07) is 7.40. The van der Waals surface area contributed by atoms with Crippen molar-refractivity contribution in [1.82, 2.24) is 10.3 Å². The fraction of sp³-hybridized carbons (Fsp3) is 0.333. The third-order valence-corrected chi connectivity index (χ3v) is 3.34. The number of benzene rings is 1. The standard InChI is InChI=1S/C15H18N2O3/c1-10(15(19)20)3-2-7-17-14(18)12-4-5-13-11(9-12)6-8-16-13/h4-6,8-10,16H,2-3,7H2,1H3,(H,17,18)(H,19,20). The largest absolute Gasteiger partial charge is 0.481 e. The zero-order valence-electron chi connectivity index (χ0n) is 11.3. The molecule has 0 radical (unpaired) electrons. The van der Waals surface area contributed by atoms with Crippen molar-refractivity contribution in [1.29, 1.82) is 0 Å². The predicted molar refractivity (Wildman–Crippen MR) is 76.7 cm³/mol. The first kappa shape index (κ1) is 14.1. The van der Waals surface area contributed by atoms with E-state index in [1.807, 2.05) is 24.4 Å². The number of H-pyrrole nitrogens is 1. The van der Waals surface area contributed by atoms with Crippen LogP contribution in [0, 0.1) is 5.92 Å². The molecule has 2 aromatic rings. The van der Waals surface area contributed by atoms with E-state index in [1.54, 1.807) is 13.0 Å². The van der Waals surface area contributed by atoms with E-state index < -0.39 is 5.97 Å². The Morgan fingerprint density at radius 1 is 1.35 bits per heavy atom. The van der Waals surface area contributed by atoms with Crippen molar-refractivity contribution >= 4 is 22.8 Å². The molecule has 5 nitrogen and oxygen atoms in total. The summed E-state index contributed by atoms with van der Waals surface area (Å²) in [4.78, 5) is 25.7. The molecule has 1 heterocycles. The minimum Gasteiger partial charge on any atom is -0.481 e. The van der Waals surface area contributed by atoms with Crippen LogP contribution in [0.15, 0.2) is 30.5 Å². The summed E-state index contributed by atoms with van der Waals surface area (Å²) in [6.45, 7) is 2.16.